The van der Waals surface area contributed by atoms with E-state index < -0.39 is 11.7 Å². The van der Waals surface area contributed by atoms with Gasteiger partial charge in [0.15, 0.2) is 0 Å². The molecule has 0 bridgehead atoms. The quantitative estimate of drug-likeness (QED) is 0.902. The van der Waals surface area contributed by atoms with E-state index in [1.54, 1.807) is 7.05 Å². The fraction of sp³-hybridized carbons (Fsp3) is 0.167. The van der Waals surface area contributed by atoms with Crippen LogP contribution in [0.5, 0.6) is 0 Å². The maximum Gasteiger partial charge on any atom is 0.416 e. The Morgan fingerprint density at radius 2 is 1.95 bits per heavy atom. The van der Waals surface area contributed by atoms with Crippen molar-refractivity contribution in [3.05, 3.63) is 41.0 Å². The largest absolute Gasteiger partial charge is 0.416 e. The highest BCUT2D eigenvalue weighted by Crippen LogP contribution is 2.33. The van der Waals surface area contributed by atoms with Gasteiger partial charge in [0, 0.05) is 24.0 Å². The zero-order valence-electron chi connectivity index (χ0n) is 10.3. The van der Waals surface area contributed by atoms with E-state index in [9.17, 15) is 13.2 Å². The molecule has 4 nitrogen and oxygen atoms in total. The summed E-state index contributed by atoms with van der Waals surface area (Å²) in [5.41, 5.74) is -0.624. The molecule has 8 heteroatoms. The zero-order valence-corrected chi connectivity index (χ0v) is 11.0. The molecule has 0 saturated heterocycles. The van der Waals surface area contributed by atoms with Gasteiger partial charge in [-0.25, -0.2) is 4.98 Å². The van der Waals surface area contributed by atoms with Crippen LogP contribution in [0.25, 0.3) is 0 Å². The Kier molecular flexibility index (Phi) is 3.99. The third-order valence-corrected chi connectivity index (χ3v) is 2.59. The molecule has 1 aromatic carbocycles. The highest BCUT2D eigenvalue weighted by atomic mass is 35.5. The highest BCUT2D eigenvalue weighted by Gasteiger charge is 2.31. The molecule has 0 saturated carbocycles. The van der Waals surface area contributed by atoms with Crippen LogP contribution in [-0.4, -0.2) is 17.0 Å². The third-order valence-electron chi connectivity index (χ3n) is 2.38. The van der Waals surface area contributed by atoms with Crippen LogP contribution in [0, 0.1) is 0 Å². The van der Waals surface area contributed by atoms with Crippen molar-refractivity contribution in [2.75, 3.05) is 17.7 Å². The predicted octanol–water partition coefficient (Wildman–Crippen LogP) is 3.93. The SMILES string of the molecule is CNc1nccc(Nc2cc(Cl)cc(C(F)(F)F)c2)n1. The average molecular weight is 303 g/mol. The lowest BCUT2D eigenvalue weighted by Gasteiger charge is -2.11. The lowest BCUT2D eigenvalue weighted by molar-refractivity contribution is -0.137. The Balaban J connectivity index is 2.31. The Bertz CT molecular complexity index is 616. The highest BCUT2D eigenvalue weighted by molar-refractivity contribution is 6.31. The first-order chi connectivity index (χ1) is 9.38. The summed E-state index contributed by atoms with van der Waals surface area (Å²) < 4.78 is 38.0. The van der Waals surface area contributed by atoms with Crippen LogP contribution in [0.3, 0.4) is 0 Å². The number of anilines is 3. The fourth-order valence-electron chi connectivity index (χ4n) is 1.52. The van der Waals surface area contributed by atoms with Crippen molar-refractivity contribution >= 4 is 29.1 Å². The molecule has 0 radical (unpaired) electrons. The number of alkyl halides is 3. The standard InChI is InChI=1S/C12H10ClF3N4/c1-17-11-18-3-2-10(20-11)19-9-5-7(12(14,15)16)4-8(13)6-9/h2-6H,1H3,(H2,17,18,19,20). The van der Waals surface area contributed by atoms with E-state index in [1.165, 1.54) is 18.3 Å². The van der Waals surface area contributed by atoms with Crippen molar-refractivity contribution in [3.8, 4) is 0 Å². The average Bonchev–Trinajstić information content (AvgIpc) is 2.37. The zero-order chi connectivity index (χ0) is 14.8. The molecule has 0 spiro atoms. The van der Waals surface area contributed by atoms with Crippen molar-refractivity contribution < 1.29 is 13.2 Å². The number of nitrogens with one attached hydrogen (secondary N) is 2. The molecule has 20 heavy (non-hydrogen) atoms. The molecular weight excluding hydrogens is 293 g/mol. The van der Waals surface area contributed by atoms with E-state index in [1.807, 2.05) is 0 Å². The number of benzene rings is 1. The molecule has 0 amide bonds. The van der Waals surface area contributed by atoms with Gasteiger partial charge in [-0.15, -0.1) is 0 Å². The number of nitrogens with zero attached hydrogens (tertiary/aromatic N) is 2. The van der Waals surface area contributed by atoms with E-state index in [0.29, 0.717) is 11.8 Å². The maximum absolute atomic E-state index is 12.7. The summed E-state index contributed by atoms with van der Waals surface area (Å²) in [6, 6.07) is 4.76. The predicted molar refractivity (Wildman–Crippen MR) is 71.3 cm³/mol. The van der Waals surface area contributed by atoms with Crippen LogP contribution < -0.4 is 10.6 Å². The Morgan fingerprint density at radius 3 is 2.60 bits per heavy atom. The Morgan fingerprint density at radius 1 is 1.20 bits per heavy atom. The van der Waals surface area contributed by atoms with E-state index in [2.05, 4.69) is 20.6 Å². The van der Waals surface area contributed by atoms with Crippen LogP contribution in [-0.2, 0) is 6.18 Å². The van der Waals surface area contributed by atoms with Gasteiger partial charge < -0.3 is 10.6 Å². The van der Waals surface area contributed by atoms with Crippen LogP contribution in [0.2, 0.25) is 5.02 Å². The number of aromatic nitrogens is 2. The second-order valence-electron chi connectivity index (χ2n) is 3.87. The summed E-state index contributed by atoms with van der Waals surface area (Å²) in [6.07, 6.45) is -2.97. The lowest BCUT2D eigenvalue weighted by atomic mass is 10.2. The van der Waals surface area contributed by atoms with Gasteiger partial charge in [-0.3, -0.25) is 0 Å². The summed E-state index contributed by atoms with van der Waals surface area (Å²) in [5, 5.41) is 5.48. The second-order valence-corrected chi connectivity index (χ2v) is 4.30. The normalized spacial score (nSPS) is 11.2. The maximum atomic E-state index is 12.7. The van der Waals surface area contributed by atoms with Crippen molar-refractivity contribution in [2.45, 2.75) is 6.18 Å². The van der Waals surface area contributed by atoms with Gasteiger partial charge in [0.25, 0.3) is 0 Å². The third kappa shape index (κ3) is 3.51. The Hall–Kier alpha value is -2.02. The number of hydrogen-bond acceptors (Lipinski definition) is 4. The first-order valence-electron chi connectivity index (χ1n) is 5.54. The van der Waals surface area contributed by atoms with Gasteiger partial charge in [-0.05, 0) is 24.3 Å². The van der Waals surface area contributed by atoms with Gasteiger partial charge in [0.2, 0.25) is 5.95 Å². The van der Waals surface area contributed by atoms with Gasteiger partial charge in [0.1, 0.15) is 5.82 Å². The molecule has 0 aliphatic heterocycles. The van der Waals surface area contributed by atoms with Crippen LogP contribution in [0.4, 0.5) is 30.6 Å². The van der Waals surface area contributed by atoms with E-state index in [-0.39, 0.29) is 10.7 Å². The van der Waals surface area contributed by atoms with Crippen molar-refractivity contribution in [2.24, 2.45) is 0 Å². The fourth-order valence-corrected chi connectivity index (χ4v) is 1.76. The van der Waals surface area contributed by atoms with Crippen molar-refractivity contribution in [3.63, 3.8) is 0 Å². The molecule has 2 aromatic rings. The minimum atomic E-state index is -4.46. The molecule has 0 unspecified atom stereocenters. The summed E-state index contributed by atoms with van der Waals surface area (Å²) >= 11 is 5.70. The van der Waals surface area contributed by atoms with Gasteiger partial charge in [0.05, 0.1) is 5.56 Å². The minimum Gasteiger partial charge on any atom is -0.357 e. The molecule has 1 heterocycles. The summed E-state index contributed by atoms with van der Waals surface area (Å²) in [7, 11) is 1.64. The first kappa shape index (κ1) is 14.4. The van der Waals surface area contributed by atoms with E-state index in [0.717, 1.165) is 12.1 Å². The monoisotopic (exact) mass is 302 g/mol. The number of halogens is 4. The molecule has 0 atom stereocenters. The van der Waals surface area contributed by atoms with Gasteiger partial charge in [-0.1, -0.05) is 11.6 Å². The van der Waals surface area contributed by atoms with Gasteiger partial charge in [-0.2, -0.15) is 18.2 Å². The minimum absolute atomic E-state index is 0.00905. The van der Waals surface area contributed by atoms with E-state index in [4.69, 9.17) is 11.6 Å². The molecular formula is C12H10ClF3N4. The topological polar surface area (TPSA) is 49.8 Å². The van der Waals surface area contributed by atoms with E-state index >= 15 is 0 Å². The number of rotatable bonds is 3. The van der Waals surface area contributed by atoms with Crippen LogP contribution >= 0.6 is 11.6 Å². The summed E-state index contributed by atoms with van der Waals surface area (Å²) in [4.78, 5) is 7.96. The van der Waals surface area contributed by atoms with Gasteiger partial charge >= 0.3 is 6.18 Å². The smallest absolute Gasteiger partial charge is 0.357 e. The molecule has 106 valence electrons. The van der Waals surface area contributed by atoms with Crippen LogP contribution in [0.15, 0.2) is 30.5 Å². The molecule has 2 rings (SSSR count). The van der Waals surface area contributed by atoms with Crippen molar-refractivity contribution in [1.82, 2.24) is 9.97 Å². The Labute approximate surface area is 118 Å². The number of hydrogen-bond donors (Lipinski definition) is 2. The van der Waals surface area contributed by atoms with Crippen molar-refractivity contribution in [1.29, 1.82) is 0 Å². The molecule has 0 aliphatic rings. The molecule has 0 aliphatic carbocycles. The molecule has 0 fully saturated rings. The van der Waals surface area contributed by atoms with Crippen LogP contribution in [0.1, 0.15) is 5.56 Å². The second kappa shape index (κ2) is 5.54. The molecule has 2 N–H and O–H groups in total. The summed E-state index contributed by atoms with van der Waals surface area (Å²) in [6.45, 7) is 0. The first-order valence-corrected chi connectivity index (χ1v) is 5.92. The lowest BCUT2D eigenvalue weighted by Crippen LogP contribution is -2.06. The summed E-state index contributed by atoms with van der Waals surface area (Å²) in [5.74, 6) is 0.716. The molecule has 1 aromatic heterocycles.